The van der Waals surface area contributed by atoms with Gasteiger partial charge in [0, 0.05) is 12.5 Å². The Kier molecular flexibility index (Phi) is 5.01. The van der Waals surface area contributed by atoms with Crippen LogP contribution in [0.15, 0.2) is 18.2 Å². The summed E-state index contributed by atoms with van der Waals surface area (Å²) < 4.78 is 10.3. The number of ketones is 1. The van der Waals surface area contributed by atoms with Crippen LogP contribution in [0.4, 0.5) is 0 Å². The van der Waals surface area contributed by atoms with E-state index in [9.17, 15) is 4.79 Å². The van der Waals surface area contributed by atoms with Gasteiger partial charge in [0.1, 0.15) is 11.5 Å². The zero-order valence-electron chi connectivity index (χ0n) is 10.9. The van der Waals surface area contributed by atoms with E-state index in [0.717, 1.165) is 6.42 Å². The van der Waals surface area contributed by atoms with Gasteiger partial charge in [-0.3, -0.25) is 4.79 Å². The Hall–Kier alpha value is -1.51. The molecule has 0 heterocycles. The molecule has 1 aromatic rings. The maximum Gasteiger partial charge on any atom is 0.166 e. The lowest BCUT2D eigenvalue weighted by molar-refractivity contribution is 0.0960. The summed E-state index contributed by atoms with van der Waals surface area (Å²) in [6.07, 6.45) is 1.56. The Bertz CT molecular complexity index is 385. The van der Waals surface area contributed by atoms with Gasteiger partial charge in [0.25, 0.3) is 0 Å². The highest BCUT2D eigenvalue weighted by atomic mass is 16.5. The highest BCUT2D eigenvalue weighted by Crippen LogP contribution is 2.26. The molecule has 0 bridgehead atoms. The zero-order chi connectivity index (χ0) is 12.8. The van der Waals surface area contributed by atoms with Gasteiger partial charge >= 0.3 is 0 Å². The number of Topliss-reactive ketones (excluding diaryl/α,β-unsaturated/α-hetero) is 1. The zero-order valence-corrected chi connectivity index (χ0v) is 10.9. The van der Waals surface area contributed by atoms with Gasteiger partial charge in [-0.15, -0.1) is 0 Å². The number of ether oxygens (including phenoxy) is 2. The van der Waals surface area contributed by atoms with Gasteiger partial charge < -0.3 is 9.47 Å². The molecule has 0 aliphatic carbocycles. The molecule has 0 saturated carbocycles. The summed E-state index contributed by atoms with van der Waals surface area (Å²) in [5, 5.41) is 0. The molecule has 0 aliphatic rings. The van der Waals surface area contributed by atoms with Gasteiger partial charge in [0.05, 0.1) is 19.8 Å². The molecular weight excluding hydrogens is 216 g/mol. The lowest BCUT2D eigenvalue weighted by Crippen LogP contribution is -2.07. The SMILES string of the molecule is CCC(C)CC(=O)c1ccc(OC)cc1OC. The number of benzene rings is 1. The lowest BCUT2D eigenvalue weighted by atomic mass is 9.97. The Balaban J connectivity index is 2.93. The molecule has 17 heavy (non-hydrogen) atoms. The maximum absolute atomic E-state index is 12.1. The molecule has 0 spiro atoms. The lowest BCUT2D eigenvalue weighted by Gasteiger charge is -2.11. The van der Waals surface area contributed by atoms with Crippen molar-refractivity contribution in [3.05, 3.63) is 23.8 Å². The topological polar surface area (TPSA) is 35.5 Å². The van der Waals surface area contributed by atoms with Crippen LogP contribution in [-0.2, 0) is 0 Å². The first-order chi connectivity index (χ1) is 8.12. The smallest absolute Gasteiger partial charge is 0.166 e. The summed E-state index contributed by atoms with van der Waals surface area (Å²) in [7, 11) is 3.16. The molecule has 3 heteroatoms. The van der Waals surface area contributed by atoms with Crippen molar-refractivity contribution in [1.29, 1.82) is 0 Å². The number of methoxy groups -OCH3 is 2. The van der Waals surface area contributed by atoms with Gasteiger partial charge in [0.2, 0.25) is 0 Å². The highest BCUT2D eigenvalue weighted by Gasteiger charge is 2.15. The van der Waals surface area contributed by atoms with Crippen molar-refractivity contribution >= 4 is 5.78 Å². The predicted molar refractivity (Wildman–Crippen MR) is 67.9 cm³/mol. The van der Waals surface area contributed by atoms with Crippen molar-refractivity contribution in [2.45, 2.75) is 26.7 Å². The van der Waals surface area contributed by atoms with Crippen LogP contribution < -0.4 is 9.47 Å². The van der Waals surface area contributed by atoms with E-state index < -0.39 is 0 Å². The largest absolute Gasteiger partial charge is 0.497 e. The van der Waals surface area contributed by atoms with Crippen molar-refractivity contribution in [2.75, 3.05) is 14.2 Å². The van der Waals surface area contributed by atoms with E-state index in [4.69, 9.17) is 9.47 Å². The van der Waals surface area contributed by atoms with Crippen LogP contribution in [-0.4, -0.2) is 20.0 Å². The molecule has 0 N–H and O–H groups in total. The van der Waals surface area contributed by atoms with E-state index >= 15 is 0 Å². The molecular formula is C14H20O3. The Morgan fingerprint density at radius 1 is 1.29 bits per heavy atom. The van der Waals surface area contributed by atoms with Crippen LogP contribution in [0.1, 0.15) is 37.0 Å². The van der Waals surface area contributed by atoms with Crippen LogP contribution in [0, 0.1) is 5.92 Å². The number of rotatable bonds is 6. The van der Waals surface area contributed by atoms with Crippen LogP contribution in [0.25, 0.3) is 0 Å². The molecule has 0 amide bonds. The fraction of sp³-hybridized carbons (Fsp3) is 0.500. The molecule has 0 fully saturated rings. The molecule has 0 radical (unpaired) electrons. The van der Waals surface area contributed by atoms with E-state index in [-0.39, 0.29) is 5.78 Å². The quantitative estimate of drug-likeness (QED) is 0.711. The first kappa shape index (κ1) is 13.6. The molecule has 1 rings (SSSR count). The third kappa shape index (κ3) is 3.48. The third-order valence-electron chi connectivity index (χ3n) is 2.94. The van der Waals surface area contributed by atoms with Crippen molar-refractivity contribution in [1.82, 2.24) is 0 Å². The summed E-state index contributed by atoms with van der Waals surface area (Å²) in [6.45, 7) is 4.16. The second-order valence-electron chi connectivity index (χ2n) is 4.21. The minimum Gasteiger partial charge on any atom is -0.497 e. The average molecular weight is 236 g/mol. The average Bonchev–Trinajstić information content (AvgIpc) is 2.37. The number of carbonyl (C=O) groups excluding carboxylic acids is 1. The third-order valence-corrected chi connectivity index (χ3v) is 2.94. The summed E-state index contributed by atoms with van der Waals surface area (Å²) in [4.78, 5) is 12.1. The standard InChI is InChI=1S/C14H20O3/c1-5-10(2)8-13(15)12-7-6-11(16-3)9-14(12)17-4/h6-7,9-10H,5,8H2,1-4H3. The van der Waals surface area contributed by atoms with Crippen LogP contribution >= 0.6 is 0 Å². The van der Waals surface area contributed by atoms with E-state index in [1.165, 1.54) is 0 Å². The molecule has 1 atom stereocenters. The monoisotopic (exact) mass is 236 g/mol. The van der Waals surface area contributed by atoms with Crippen molar-refractivity contribution in [2.24, 2.45) is 5.92 Å². The number of hydrogen-bond donors (Lipinski definition) is 0. The van der Waals surface area contributed by atoms with Crippen molar-refractivity contribution in [3.8, 4) is 11.5 Å². The van der Waals surface area contributed by atoms with Crippen LogP contribution in [0.5, 0.6) is 11.5 Å². The minimum absolute atomic E-state index is 0.124. The minimum atomic E-state index is 0.124. The predicted octanol–water partition coefficient (Wildman–Crippen LogP) is 3.32. The molecule has 3 nitrogen and oxygen atoms in total. The second-order valence-corrected chi connectivity index (χ2v) is 4.21. The van der Waals surface area contributed by atoms with Gasteiger partial charge in [0.15, 0.2) is 5.78 Å². The number of hydrogen-bond acceptors (Lipinski definition) is 3. The molecule has 94 valence electrons. The Morgan fingerprint density at radius 2 is 2.00 bits per heavy atom. The summed E-state index contributed by atoms with van der Waals surface area (Å²) in [6, 6.07) is 5.29. The van der Waals surface area contributed by atoms with Crippen LogP contribution in [0.3, 0.4) is 0 Å². The Labute approximate surface area is 103 Å². The highest BCUT2D eigenvalue weighted by molar-refractivity contribution is 5.99. The van der Waals surface area contributed by atoms with Gasteiger partial charge in [-0.2, -0.15) is 0 Å². The first-order valence-corrected chi connectivity index (χ1v) is 5.87. The Morgan fingerprint density at radius 3 is 2.53 bits per heavy atom. The molecule has 1 aromatic carbocycles. The fourth-order valence-corrected chi connectivity index (χ4v) is 1.60. The normalized spacial score (nSPS) is 12.0. The van der Waals surface area contributed by atoms with Crippen molar-refractivity contribution in [3.63, 3.8) is 0 Å². The molecule has 0 saturated heterocycles. The second kappa shape index (κ2) is 6.28. The fourth-order valence-electron chi connectivity index (χ4n) is 1.60. The first-order valence-electron chi connectivity index (χ1n) is 5.87. The van der Waals surface area contributed by atoms with E-state index in [0.29, 0.717) is 29.4 Å². The molecule has 1 unspecified atom stereocenters. The van der Waals surface area contributed by atoms with Gasteiger partial charge in [-0.25, -0.2) is 0 Å². The summed E-state index contributed by atoms with van der Waals surface area (Å²) in [5.41, 5.74) is 0.633. The van der Waals surface area contributed by atoms with E-state index in [2.05, 4.69) is 13.8 Å². The van der Waals surface area contributed by atoms with E-state index in [1.807, 2.05) is 0 Å². The molecule has 0 aliphatic heterocycles. The maximum atomic E-state index is 12.1. The molecule has 0 aromatic heterocycles. The van der Waals surface area contributed by atoms with Gasteiger partial charge in [-0.05, 0) is 18.1 Å². The van der Waals surface area contributed by atoms with E-state index in [1.54, 1.807) is 32.4 Å². The van der Waals surface area contributed by atoms with Gasteiger partial charge in [-0.1, -0.05) is 20.3 Å². The number of carbonyl (C=O) groups is 1. The van der Waals surface area contributed by atoms with Crippen LogP contribution in [0.2, 0.25) is 0 Å². The van der Waals surface area contributed by atoms with Crippen molar-refractivity contribution < 1.29 is 14.3 Å². The summed E-state index contributed by atoms with van der Waals surface area (Å²) >= 11 is 0. The summed E-state index contributed by atoms with van der Waals surface area (Å²) in [5.74, 6) is 1.80.